The Balaban J connectivity index is 1.54. The molecular formula is C16H23N5S3. The molecule has 130 valence electrons. The third-order valence-corrected chi connectivity index (χ3v) is 6.68. The zero-order chi connectivity index (χ0) is 16.9. The molecule has 8 heteroatoms. The summed E-state index contributed by atoms with van der Waals surface area (Å²) in [4.78, 5) is 9.18. The highest BCUT2D eigenvalue weighted by molar-refractivity contribution is 8.01. The van der Waals surface area contributed by atoms with Gasteiger partial charge >= 0.3 is 0 Å². The monoisotopic (exact) mass is 381 g/mol. The van der Waals surface area contributed by atoms with Crippen LogP contribution in [0.5, 0.6) is 0 Å². The molecule has 3 heterocycles. The molecule has 2 aromatic heterocycles. The Kier molecular flexibility index (Phi) is 6.26. The maximum absolute atomic E-state index is 5.48. The number of anilines is 1. The van der Waals surface area contributed by atoms with Crippen LogP contribution in [0.15, 0.2) is 28.7 Å². The van der Waals surface area contributed by atoms with Gasteiger partial charge < -0.3 is 4.90 Å². The van der Waals surface area contributed by atoms with Crippen molar-refractivity contribution >= 4 is 41.1 Å². The quantitative estimate of drug-likeness (QED) is 0.562. The van der Waals surface area contributed by atoms with E-state index >= 15 is 0 Å². The van der Waals surface area contributed by atoms with Gasteiger partial charge in [0, 0.05) is 38.1 Å². The fourth-order valence-corrected chi connectivity index (χ4v) is 4.82. The highest BCUT2D eigenvalue weighted by Crippen LogP contribution is 2.24. The largest absolute Gasteiger partial charge is 0.354 e. The second kappa shape index (κ2) is 8.42. The summed E-state index contributed by atoms with van der Waals surface area (Å²) in [5, 5.41) is 4.68. The Morgan fingerprint density at radius 2 is 2.04 bits per heavy atom. The lowest BCUT2D eigenvalue weighted by molar-refractivity contribution is 0.193. The molecule has 0 bridgehead atoms. The van der Waals surface area contributed by atoms with Crippen LogP contribution in [0.3, 0.4) is 0 Å². The van der Waals surface area contributed by atoms with Gasteiger partial charge in [-0.1, -0.05) is 43.0 Å². The van der Waals surface area contributed by atoms with E-state index in [1.54, 1.807) is 11.3 Å². The molecule has 5 nitrogen and oxygen atoms in total. The SMILES string of the molecule is CC(C)CSc1nn(CN2CCN(c3ccccn3)CC2)c(=S)s1. The topological polar surface area (TPSA) is 37.2 Å². The molecule has 0 N–H and O–H groups in total. The summed E-state index contributed by atoms with van der Waals surface area (Å²) < 4.78 is 3.92. The van der Waals surface area contributed by atoms with Gasteiger partial charge in [-0.2, -0.15) is 5.10 Å². The van der Waals surface area contributed by atoms with Gasteiger partial charge in [0.1, 0.15) is 5.82 Å². The molecule has 0 aromatic carbocycles. The van der Waals surface area contributed by atoms with Gasteiger partial charge in [0.15, 0.2) is 8.29 Å². The molecule has 1 saturated heterocycles. The summed E-state index contributed by atoms with van der Waals surface area (Å²) >= 11 is 8.91. The molecule has 1 aliphatic heterocycles. The standard InChI is InChI=1S/C16H23N5S3/c1-13(2)11-23-15-18-21(16(22)24-15)12-19-7-9-20(10-8-19)14-5-3-4-6-17-14/h3-6,13H,7-12H2,1-2H3. The molecule has 3 rings (SSSR count). The number of pyridine rings is 1. The second-order valence-electron chi connectivity index (χ2n) is 6.27. The molecule has 0 aliphatic carbocycles. The molecule has 0 amide bonds. The molecule has 1 aliphatic rings. The zero-order valence-electron chi connectivity index (χ0n) is 14.1. The Morgan fingerprint density at radius 1 is 1.25 bits per heavy atom. The minimum Gasteiger partial charge on any atom is -0.354 e. The zero-order valence-corrected chi connectivity index (χ0v) is 16.5. The van der Waals surface area contributed by atoms with Crippen LogP contribution in [0.4, 0.5) is 5.82 Å². The van der Waals surface area contributed by atoms with Gasteiger partial charge in [-0.25, -0.2) is 9.67 Å². The summed E-state index contributed by atoms with van der Waals surface area (Å²) in [6.45, 7) is 9.23. The van der Waals surface area contributed by atoms with Crippen LogP contribution >= 0.6 is 35.3 Å². The Bertz CT molecular complexity index is 689. The number of thioether (sulfide) groups is 1. The maximum atomic E-state index is 5.48. The molecule has 0 radical (unpaired) electrons. The van der Waals surface area contributed by atoms with Gasteiger partial charge in [-0.05, 0) is 30.3 Å². The first kappa shape index (κ1) is 17.8. The van der Waals surface area contributed by atoms with Crippen LogP contribution in [0.25, 0.3) is 0 Å². The predicted molar refractivity (Wildman–Crippen MR) is 105 cm³/mol. The van der Waals surface area contributed by atoms with Crippen molar-refractivity contribution in [1.82, 2.24) is 19.7 Å². The lowest BCUT2D eigenvalue weighted by Crippen LogP contribution is -2.47. The van der Waals surface area contributed by atoms with Crippen molar-refractivity contribution in [3.8, 4) is 0 Å². The Morgan fingerprint density at radius 3 is 2.71 bits per heavy atom. The number of piperazine rings is 1. The molecule has 0 atom stereocenters. The third kappa shape index (κ3) is 4.78. The average molecular weight is 382 g/mol. The first-order valence-electron chi connectivity index (χ1n) is 8.21. The number of hydrogen-bond donors (Lipinski definition) is 0. The molecule has 2 aromatic rings. The number of hydrogen-bond acceptors (Lipinski definition) is 7. The van der Waals surface area contributed by atoms with Crippen LogP contribution in [-0.2, 0) is 6.67 Å². The van der Waals surface area contributed by atoms with Crippen LogP contribution < -0.4 is 4.90 Å². The number of nitrogens with zero attached hydrogens (tertiary/aromatic N) is 5. The molecule has 24 heavy (non-hydrogen) atoms. The fraction of sp³-hybridized carbons (Fsp3) is 0.562. The van der Waals surface area contributed by atoms with E-state index in [0.29, 0.717) is 5.92 Å². The van der Waals surface area contributed by atoms with E-state index in [1.165, 1.54) is 0 Å². The minimum absolute atomic E-state index is 0.667. The summed E-state index contributed by atoms with van der Waals surface area (Å²) in [6.07, 6.45) is 1.85. The summed E-state index contributed by atoms with van der Waals surface area (Å²) in [6, 6.07) is 6.07. The number of aromatic nitrogens is 3. The van der Waals surface area contributed by atoms with Crippen molar-refractivity contribution < 1.29 is 0 Å². The van der Waals surface area contributed by atoms with Crippen molar-refractivity contribution in [1.29, 1.82) is 0 Å². The lowest BCUT2D eigenvalue weighted by atomic mass is 10.3. The van der Waals surface area contributed by atoms with Crippen LogP contribution in [0, 0.1) is 9.87 Å². The van der Waals surface area contributed by atoms with Crippen molar-refractivity contribution in [3.05, 3.63) is 28.4 Å². The van der Waals surface area contributed by atoms with E-state index in [9.17, 15) is 0 Å². The van der Waals surface area contributed by atoms with Gasteiger partial charge in [0.2, 0.25) is 0 Å². The highest BCUT2D eigenvalue weighted by Gasteiger charge is 2.18. The van der Waals surface area contributed by atoms with Crippen molar-refractivity contribution in [2.24, 2.45) is 5.92 Å². The molecule has 0 unspecified atom stereocenters. The van der Waals surface area contributed by atoms with Crippen LogP contribution in [0.2, 0.25) is 0 Å². The van der Waals surface area contributed by atoms with Crippen LogP contribution in [0.1, 0.15) is 13.8 Å². The first-order chi connectivity index (χ1) is 11.6. The molecule has 1 fully saturated rings. The maximum Gasteiger partial charge on any atom is 0.181 e. The Hall–Kier alpha value is -0.960. The Labute approximate surface area is 156 Å². The van der Waals surface area contributed by atoms with Crippen molar-refractivity contribution in [3.63, 3.8) is 0 Å². The van der Waals surface area contributed by atoms with Crippen molar-refractivity contribution in [2.45, 2.75) is 24.9 Å². The van der Waals surface area contributed by atoms with E-state index in [1.807, 2.05) is 34.8 Å². The summed E-state index contributed by atoms with van der Waals surface area (Å²) in [5.74, 6) is 2.82. The van der Waals surface area contributed by atoms with Crippen LogP contribution in [-0.4, -0.2) is 51.6 Å². The average Bonchev–Trinajstić information content (AvgIpc) is 2.94. The summed E-state index contributed by atoms with van der Waals surface area (Å²) in [5.41, 5.74) is 0. The van der Waals surface area contributed by atoms with E-state index in [2.05, 4.69) is 39.8 Å². The van der Waals surface area contributed by atoms with E-state index in [4.69, 9.17) is 12.2 Å². The van der Waals surface area contributed by atoms with Gasteiger partial charge in [0.05, 0.1) is 6.67 Å². The number of rotatable bonds is 6. The minimum atomic E-state index is 0.667. The molecule has 0 spiro atoms. The highest BCUT2D eigenvalue weighted by atomic mass is 32.2. The first-order valence-corrected chi connectivity index (χ1v) is 10.4. The van der Waals surface area contributed by atoms with E-state index in [0.717, 1.165) is 52.7 Å². The fourth-order valence-electron chi connectivity index (χ4n) is 2.52. The van der Waals surface area contributed by atoms with Crippen molar-refractivity contribution in [2.75, 3.05) is 36.8 Å². The second-order valence-corrected chi connectivity index (χ2v) is 9.16. The summed E-state index contributed by atoms with van der Waals surface area (Å²) in [7, 11) is 0. The van der Waals surface area contributed by atoms with Gasteiger partial charge in [0.25, 0.3) is 0 Å². The molecule has 0 saturated carbocycles. The molecular weight excluding hydrogens is 358 g/mol. The van der Waals surface area contributed by atoms with E-state index in [-0.39, 0.29) is 0 Å². The third-order valence-electron chi connectivity index (χ3n) is 3.81. The van der Waals surface area contributed by atoms with E-state index < -0.39 is 0 Å². The van der Waals surface area contributed by atoms with Gasteiger partial charge in [-0.15, -0.1) is 0 Å². The normalized spacial score (nSPS) is 16.0. The lowest BCUT2D eigenvalue weighted by Gasteiger charge is -2.35. The predicted octanol–water partition coefficient (Wildman–Crippen LogP) is 3.60. The van der Waals surface area contributed by atoms with Gasteiger partial charge in [-0.3, -0.25) is 4.90 Å². The smallest absolute Gasteiger partial charge is 0.181 e.